The van der Waals surface area contributed by atoms with Crippen LogP contribution in [0.25, 0.3) is 0 Å². The van der Waals surface area contributed by atoms with Gasteiger partial charge in [-0.2, -0.15) is 0 Å². The second kappa shape index (κ2) is 6.01. The Labute approximate surface area is 73.9 Å². The van der Waals surface area contributed by atoms with E-state index in [9.17, 15) is 0 Å². The van der Waals surface area contributed by atoms with Crippen molar-refractivity contribution in [1.29, 1.82) is 0 Å². The molecule has 1 aliphatic heterocycles. The molecule has 1 rings (SSSR count). The van der Waals surface area contributed by atoms with Crippen molar-refractivity contribution in [3.63, 3.8) is 0 Å². The Morgan fingerprint density at radius 3 is 3.17 bits per heavy atom. The minimum atomic E-state index is 0.0389. The van der Waals surface area contributed by atoms with E-state index in [4.69, 9.17) is 9.47 Å². The average Bonchev–Trinajstić information content (AvgIpc) is 2.14. The zero-order valence-electron chi connectivity index (χ0n) is 7.42. The zero-order chi connectivity index (χ0) is 8.65. The van der Waals surface area contributed by atoms with Gasteiger partial charge in [0, 0.05) is 6.61 Å². The lowest BCUT2D eigenvalue weighted by molar-refractivity contribution is -0.161. The van der Waals surface area contributed by atoms with E-state index < -0.39 is 0 Å². The van der Waals surface area contributed by atoms with E-state index in [0.717, 1.165) is 19.4 Å². The first-order chi connectivity index (χ1) is 5.93. The molecular weight excluding hydrogens is 152 g/mol. The second-order valence-corrected chi connectivity index (χ2v) is 2.86. The molecule has 0 N–H and O–H groups in total. The van der Waals surface area contributed by atoms with Crippen molar-refractivity contribution in [2.75, 3.05) is 13.2 Å². The number of rotatable bonds is 4. The van der Waals surface area contributed by atoms with Crippen molar-refractivity contribution in [2.24, 2.45) is 0 Å². The van der Waals surface area contributed by atoms with Crippen LogP contribution in [0, 0.1) is 0 Å². The maximum atomic E-state index is 5.46. The fourth-order valence-electron chi connectivity index (χ4n) is 1.20. The van der Waals surface area contributed by atoms with Crippen LogP contribution in [0.1, 0.15) is 25.7 Å². The molecule has 0 spiro atoms. The van der Waals surface area contributed by atoms with Crippen molar-refractivity contribution in [3.05, 3.63) is 18.4 Å². The van der Waals surface area contributed by atoms with Gasteiger partial charge in [-0.1, -0.05) is 6.58 Å². The highest BCUT2D eigenvalue weighted by molar-refractivity contribution is 4.74. The first kappa shape index (κ1) is 9.53. The molecule has 12 heavy (non-hydrogen) atoms. The molecular formula is C10H16O2. The molecule has 1 aliphatic rings. The van der Waals surface area contributed by atoms with Crippen molar-refractivity contribution in [1.82, 2.24) is 0 Å². The summed E-state index contributed by atoms with van der Waals surface area (Å²) in [5.41, 5.74) is 2.71. The van der Waals surface area contributed by atoms with Gasteiger partial charge in [0.2, 0.25) is 0 Å². The van der Waals surface area contributed by atoms with Crippen LogP contribution in [0.5, 0.6) is 0 Å². The summed E-state index contributed by atoms with van der Waals surface area (Å²) in [5, 5.41) is 0. The molecule has 0 aliphatic carbocycles. The highest BCUT2D eigenvalue weighted by Gasteiger charge is 2.12. The maximum Gasteiger partial charge on any atom is 0.157 e. The molecule has 2 heteroatoms. The largest absolute Gasteiger partial charge is 0.353 e. The Hall–Kier alpha value is -0.560. The second-order valence-electron chi connectivity index (χ2n) is 2.86. The lowest BCUT2D eigenvalue weighted by Gasteiger charge is -2.22. The molecule has 0 saturated carbocycles. The SMILES string of the molecule is C=C=CCCOC1CCCCO1. The Kier molecular flexibility index (Phi) is 4.77. The van der Waals surface area contributed by atoms with Crippen LogP contribution in [0.15, 0.2) is 18.4 Å². The van der Waals surface area contributed by atoms with E-state index in [1.807, 2.05) is 6.08 Å². The van der Waals surface area contributed by atoms with E-state index in [1.54, 1.807) is 0 Å². The average molecular weight is 168 g/mol. The van der Waals surface area contributed by atoms with Gasteiger partial charge in [0.15, 0.2) is 6.29 Å². The van der Waals surface area contributed by atoms with E-state index in [0.29, 0.717) is 6.61 Å². The molecule has 68 valence electrons. The monoisotopic (exact) mass is 168 g/mol. The van der Waals surface area contributed by atoms with Gasteiger partial charge >= 0.3 is 0 Å². The molecule has 1 saturated heterocycles. The van der Waals surface area contributed by atoms with Crippen LogP contribution in [0.3, 0.4) is 0 Å². The minimum Gasteiger partial charge on any atom is -0.353 e. The molecule has 1 heterocycles. The highest BCUT2D eigenvalue weighted by Crippen LogP contribution is 2.13. The lowest BCUT2D eigenvalue weighted by atomic mass is 10.2. The van der Waals surface area contributed by atoms with Crippen LogP contribution in [0.4, 0.5) is 0 Å². The van der Waals surface area contributed by atoms with E-state index in [2.05, 4.69) is 12.3 Å². The fourth-order valence-corrected chi connectivity index (χ4v) is 1.20. The van der Waals surface area contributed by atoms with Crippen LogP contribution < -0.4 is 0 Å². The molecule has 0 aromatic heterocycles. The third-order valence-corrected chi connectivity index (χ3v) is 1.85. The summed E-state index contributed by atoms with van der Waals surface area (Å²) in [7, 11) is 0. The first-order valence-corrected chi connectivity index (χ1v) is 4.51. The Bertz CT molecular complexity index is 153. The summed E-state index contributed by atoms with van der Waals surface area (Å²) in [6.07, 6.45) is 6.23. The minimum absolute atomic E-state index is 0.0389. The molecule has 2 nitrogen and oxygen atoms in total. The Morgan fingerprint density at radius 2 is 2.50 bits per heavy atom. The third-order valence-electron chi connectivity index (χ3n) is 1.85. The highest BCUT2D eigenvalue weighted by atomic mass is 16.7. The molecule has 1 fully saturated rings. The van der Waals surface area contributed by atoms with E-state index in [-0.39, 0.29) is 6.29 Å². The predicted molar refractivity (Wildman–Crippen MR) is 47.9 cm³/mol. The van der Waals surface area contributed by atoms with E-state index >= 15 is 0 Å². The smallest absolute Gasteiger partial charge is 0.157 e. The Balaban J connectivity index is 2.01. The fraction of sp³-hybridized carbons (Fsp3) is 0.700. The quantitative estimate of drug-likeness (QED) is 0.473. The molecule has 0 bridgehead atoms. The van der Waals surface area contributed by atoms with Gasteiger partial charge in [-0.15, -0.1) is 5.73 Å². The van der Waals surface area contributed by atoms with Crippen LogP contribution in [0.2, 0.25) is 0 Å². The van der Waals surface area contributed by atoms with Gasteiger partial charge in [0.25, 0.3) is 0 Å². The standard InChI is InChI=1S/C10H16O2/c1-2-3-5-8-11-10-7-4-6-9-12-10/h3,10H,1,4-9H2. The van der Waals surface area contributed by atoms with Crippen molar-refractivity contribution in [3.8, 4) is 0 Å². The first-order valence-electron chi connectivity index (χ1n) is 4.51. The van der Waals surface area contributed by atoms with Crippen LogP contribution in [-0.2, 0) is 9.47 Å². The van der Waals surface area contributed by atoms with E-state index in [1.165, 1.54) is 12.8 Å². The summed E-state index contributed by atoms with van der Waals surface area (Å²) in [6, 6.07) is 0. The van der Waals surface area contributed by atoms with Crippen molar-refractivity contribution in [2.45, 2.75) is 32.0 Å². The molecule has 0 aromatic rings. The number of ether oxygens (including phenoxy) is 2. The van der Waals surface area contributed by atoms with Gasteiger partial charge in [-0.3, -0.25) is 0 Å². The predicted octanol–water partition coefficient (Wildman–Crippen LogP) is 2.26. The summed E-state index contributed by atoms with van der Waals surface area (Å²) in [4.78, 5) is 0. The topological polar surface area (TPSA) is 18.5 Å². The van der Waals surface area contributed by atoms with Crippen LogP contribution in [-0.4, -0.2) is 19.5 Å². The number of hydrogen-bond acceptors (Lipinski definition) is 2. The van der Waals surface area contributed by atoms with Gasteiger partial charge in [0.05, 0.1) is 6.61 Å². The number of hydrogen-bond donors (Lipinski definition) is 0. The van der Waals surface area contributed by atoms with Gasteiger partial charge in [0.1, 0.15) is 0 Å². The maximum absolute atomic E-state index is 5.46. The van der Waals surface area contributed by atoms with Crippen LogP contribution >= 0.6 is 0 Å². The normalized spacial score (nSPS) is 23.2. The third kappa shape index (κ3) is 3.72. The summed E-state index contributed by atoms with van der Waals surface area (Å²) >= 11 is 0. The zero-order valence-corrected chi connectivity index (χ0v) is 7.42. The molecule has 1 unspecified atom stereocenters. The van der Waals surface area contributed by atoms with Gasteiger partial charge in [-0.25, -0.2) is 0 Å². The molecule has 0 radical (unpaired) electrons. The Morgan fingerprint density at radius 1 is 1.58 bits per heavy atom. The molecule has 1 atom stereocenters. The summed E-state index contributed by atoms with van der Waals surface area (Å²) < 4.78 is 10.8. The summed E-state index contributed by atoms with van der Waals surface area (Å²) in [5.74, 6) is 0. The summed E-state index contributed by atoms with van der Waals surface area (Å²) in [6.45, 7) is 5.04. The lowest BCUT2D eigenvalue weighted by Crippen LogP contribution is -2.22. The van der Waals surface area contributed by atoms with Crippen molar-refractivity contribution >= 4 is 0 Å². The molecule has 0 amide bonds. The van der Waals surface area contributed by atoms with Gasteiger partial charge in [-0.05, 0) is 31.8 Å². The van der Waals surface area contributed by atoms with Gasteiger partial charge < -0.3 is 9.47 Å². The molecule has 0 aromatic carbocycles. The van der Waals surface area contributed by atoms with Crippen molar-refractivity contribution < 1.29 is 9.47 Å².